The number of likely N-dealkylation sites (tertiary alicyclic amines) is 1. The molecule has 110 valence electrons. The van der Waals surface area contributed by atoms with E-state index >= 15 is 0 Å². The van der Waals surface area contributed by atoms with E-state index in [9.17, 15) is 9.90 Å². The van der Waals surface area contributed by atoms with Crippen LogP contribution >= 0.6 is 23.2 Å². The predicted molar refractivity (Wildman–Crippen MR) is 81.2 cm³/mol. The van der Waals surface area contributed by atoms with Gasteiger partial charge < -0.3 is 10.0 Å². The molecule has 0 aromatic heterocycles. The molecule has 2 rings (SSSR count). The van der Waals surface area contributed by atoms with Gasteiger partial charge in [-0.25, -0.2) is 0 Å². The highest BCUT2D eigenvalue weighted by Gasteiger charge is 2.29. The van der Waals surface area contributed by atoms with Crippen LogP contribution in [0.1, 0.15) is 31.7 Å². The number of aliphatic hydroxyl groups is 1. The van der Waals surface area contributed by atoms with Crippen molar-refractivity contribution in [2.45, 2.75) is 44.8 Å². The number of carbonyl (C=O) groups excluding carboxylic acids is 1. The Labute approximate surface area is 129 Å². The molecule has 0 aliphatic carbocycles. The molecule has 1 amide bonds. The minimum absolute atomic E-state index is 0.0361. The standard InChI is InChI=1S/C15H19Cl2NO2/c1-10(19)14-4-2-3-7-18(14)15(20)9-11-5-6-12(16)13(17)8-11/h5-6,8,10,14,19H,2-4,7,9H2,1H3. The Morgan fingerprint density at radius 3 is 2.80 bits per heavy atom. The number of hydrogen-bond donors (Lipinski definition) is 1. The van der Waals surface area contributed by atoms with Gasteiger partial charge in [-0.3, -0.25) is 4.79 Å². The number of carbonyl (C=O) groups is 1. The molecule has 1 fully saturated rings. The molecule has 1 aliphatic heterocycles. The Kier molecular flexibility index (Phi) is 5.30. The number of piperidine rings is 1. The maximum absolute atomic E-state index is 12.4. The highest BCUT2D eigenvalue weighted by Crippen LogP contribution is 2.24. The molecule has 0 radical (unpaired) electrons. The molecule has 1 aromatic rings. The zero-order chi connectivity index (χ0) is 14.7. The molecule has 2 atom stereocenters. The van der Waals surface area contributed by atoms with E-state index in [4.69, 9.17) is 23.2 Å². The largest absolute Gasteiger partial charge is 0.391 e. The molecular formula is C15H19Cl2NO2. The van der Waals surface area contributed by atoms with Crippen LogP contribution < -0.4 is 0 Å². The van der Waals surface area contributed by atoms with E-state index in [1.165, 1.54) is 0 Å². The van der Waals surface area contributed by atoms with Gasteiger partial charge in [0.2, 0.25) is 5.91 Å². The van der Waals surface area contributed by atoms with Crippen molar-refractivity contribution < 1.29 is 9.90 Å². The van der Waals surface area contributed by atoms with E-state index in [1.807, 2.05) is 6.07 Å². The van der Waals surface area contributed by atoms with Crippen molar-refractivity contribution in [3.05, 3.63) is 33.8 Å². The zero-order valence-corrected chi connectivity index (χ0v) is 13.0. The normalized spacial score (nSPS) is 20.8. The van der Waals surface area contributed by atoms with Gasteiger partial charge in [0, 0.05) is 6.54 Å². The lowest BCUT2D eigenvalue weighted by Crippen LogP contribution is -2.49. The van der Waals surface area contributed by atoms with E-state index < -0.39 is 6.10 Å². The van der Waals surface area contributed by atoms with Gasteiger partial charge in [-0.2, -0.15) is 0 Å². The van der Waals surface area contributed by atoms with Crippen LogP contribution in [0.5, 0.6) is 0 Å². The van der Waals surface area contributed by atoms with Crippen LogP contribution in [0.3, 0.4) is 0 Å². The summed E-state index contributed by atoms with van der Waals surface area (Å²) in [5, 5.41) is 10.8. The smallest absolute Gasteiger partial charge is 0.227 e. The van der Waals surface area contributed by atoms with Crippen molar-refractivity contribution in [3.8, 4) is 0 Å². The third kappa shape index (κ3) is 3.66. The number of halogens is 2. The van der Waals surface area contributed by atoms with Crippen LogP contribution in [0.2, 0.25) is 10.0 Å². The lowest BCUT2D eigenvalue weighted by molar-refractivity contribution is -0.136. The second kappa shape index (κ2) is 6.79. The molecule has 1 aromatic carbocycles. The molecule has 0 bridgehead atoms. The average molecular weight is 316 g/mol. The first kappa shape index (κ1) is 15.6. The number of hydrogen-bond acceptors (Lipinski definition) is 2. The molecule has 20 heavy (non-hydrogen) atoms. The first-order chi connectivity index (χ1) is 9.49. The maximum Gasteiger partial charge on any atom is 0.227 e. The Hall–Kier alpha value is -0.770. The summed E-state index contributed by atoms with van der Waals surface area (Å²) in [5.74, 6) is 0.0361. The van der Waals surface area contributed by atoms with Crippen LogP contribution in [-0.4, -0.2) is 34.6 Å². The van der Waals surface area contributed by atoms with Gasteiger partial charge in [0.25, 0.3) is 0 Å². The monoisotopic (exact) mass is 315 g/mol. The highest BCUT2D eigenvalue weighted by atomic mass is 35.5. The maximum atomic E-state index is 12.4. The van der Waals surface area contributed by atoms with Gasteiger partial charge in [0.05, 0.1) is 28.6 Å². The summed E-state index contributed by atoms with van der Waals surface area (Å²) in [6, 6.07) is 5.17. The van der Waals surface area contributed by atoms with Gasteiger partial charge in [-0.1, -0.05) is 29.3 Å². The fraction of sp³-hybridized carbons (Fsp3) is 0.533. The fourth-order valence-corrected chi connectivity index (χ4v) is 3.02. The molecule has 0 saturated carbocycles. The summed E-state index contributed by atoms with van der Waals surface area (Å²) >= 11 is 11.8. The van der Waals surface area contributed by atoms with Gasteiger partial charge in [0.1, 0.15) is 0 Å². The predicted octanol–water partition coefficient (Wildman–Crippen LogP) is 3.30. The van der Waals surface area contributed by atoms with Gasteiger partial charge in [0.15, 0.2) is 0 Å². The van der Waals surface area contributed by atoms with E-state index in [-0.39, 0.29) is 11.9 Å². The summed E-state index contributed by atoms with van der Waals surface area (Å²) in [6.07, 6.45) is 2.72. The third-order valence-corrected chi connectivity index (χ3v) is 4.50. The van der Waals surface area contributed by atoms with Gasteiger partial charge in [-0.15, -0.1) is 0 Å². The lowest BCUT2D eigenvalue weighted by atomic mass is 9.97. The second-order valence-corrected chi connectivity index (χ2v) is 6.13. The number of amides is 1. The second-order valence-electron chi connectivity index (χ2n) is 5.32. The highest BCUT2D eigenvalue weighted by molar-refractivity contribution is 6.42. The quantitative estimate of drug-likeness (QED) is 0.929. The van der Waals surface area contributed by atoms with Crippen molar-refractivity contribution in [3.63, 3.8) is 0 Å². The van der Waals surface area contributed by atoms with Crippen molar-refractivity contribution >= 4 is 29.1 Å². The molecule has 5 heteroatoms. The average Bonchev–Trinajstić information content (AvgIpc) is 2.43. The number of rotatable bonds is 3. The third-order valence-electron chi connectivity index (χ3n) is 3.77. The van der Waals surface area contributed by atoms with E-state index in [0.717, 1.165) is 31.4 Å². The van der Waals surface area contributed by atoms with Gasteiger partial charge in [-0.05, 0) is 43.9 Å². The van der Waals surface area contributed by atoms with E-state index in [1.54, 1.807) is 24.0 Å². The molecule has 3 nitrogen and oxygen atoms in total. The van der Waals surface area contributed by atoms with Gasteiger partial charge >= 0.3 is 0 Å². The first-order valence-electron chi connectivity index (χ1n) is 6.90. The summed E-state index contributed by atoms with van der Waals surface area (Å²) in [4.78, 5) is 14.2. The van der Waals surface area contributed by atoms with Crippen LogP contribution in [0.15, 0.2) is 18.2 Å². The molecule has 1 saturated heterocycles. The molecule has 1 N–H and O–H groups in total. The van der Waals surface area contributed by atoms with E-state index in [2.05, 4.69) is 0 Å². The fourth-order valence-electron chi connectivity index (χ4n) is 2.69. The molecule has 2 unspecified atom stereocenters. The minimum Gasteiger partial charge on any atom is -0.391 e. The minimum atomic E-state index is -0.493. The molecular weight excluding hydrogens is 297 g/mol. The Bertz CT molecular complexity index is 491. The topological polar surface area (TPSA) is 40.5 Å². The Morgan fingerprint density at radius 1 is 1.40 bits per heavy atom. The van der Waals surface area contributed by atoms with Crippen LogP contribution in [0, 0.1) is 0 Å². The molecule has 1 heterocycles. The summed E-state index contributed by atoms with van der Waals surface area (Å²) in [6.45, 7) is 2.46. The number of nitrogens with zero attached hydrogens (tertiary/aromatic N) is 1. The summed E-state index contributed by atoms with van der Waals surface area (Å²) < 4.78 is 0. The Morgan fingerprint density at radius 2 is 2.15 bits per heavy atom. The van der Waals surface area contributed by atoms with Crippen molar-refractivity contribution in [2.75, 3.05) is 6.54 Å². The summed E-state index contributed by atoms with van der Waals surface area (Å²) in [5.41, 5.74) is 0.847. The number of benzene rings is 1. The van der Waals surface area contributed by atoms with Crippen LogP contribution in [-0.2, 0) is 11.2 Å². The molecule has 0 spiro atoms. The lowest BCUT2D eigenvalue weighted by Gasteiger charge is -2.37. The Balaban J connectivity index is 2.07. The van der Waals surface area contributed by atoms with Crippen molar-refractivity contribution in [2.24, 2.45) is 0 Å². The molecule has 1 aliphatic rings. The van der Waals surface area contributed by atoms with Crippen LogP contribution in [0.25, 0.3) is 0 Å². The summed E-state index contributed by atoms with van der Waals surface area (Å²) in [7, 11) is 0. The van der Waals surface area contributed by atoms with E-state index in [0.29, 0.717) is 16.5 Å². The van der Waals surface area contributed by atoms with Crippen molar-refractivity contribution in [1.82, 2.24) is 4.90 Å². The SMILES string of the molecule is CC(O)C1CCCCN1C(=O)Cc1ccc(Cl)c(Cl)c1. The van der Waals surface area contributed by atoms with Crippen molar-refractivity contribution in [1.29, 1.82) is 0 Å². The van der Waals surface area contributed by atoms with Crippen LogP contribution in [0.4, 0.5) is 0 Å². The zero-order valence-electron chi connectivity index (χ0n) is 11.5. The first-order valence-corrected chi connectivity index (χ1v) is 7.66. The number of aliphatic hydroxyl groups excluding tert-OH is 1.